The van der Waals surface area contributed by atoms with Crippen molar-refractivity contribution < 1.29 is 13.6 Å². The summed E-state index contributed by atoms with van der Waals surface area (Å²) >= 11 is 0. The molecule has 3 nitrogen and oxygen atoms in total. The molecule has 1 aliphatic rings. The highest BCUT2D eigenvalue weighted by atomic mass is 19.3. The maximum Gasteiger partial charge on any atom is 0.281 e. The molecule has 132 valence electrons. The van der Waals surface area contributed by atoms with Gasteiger partial charge in [0.1, 0.15) is 0 Å². The Labute approximate surface area is 146 Å². The predicted octanol–water partition coefficient (Wildman–Crippen LogP) is 3.58. The van der Waals surface area contributed by atoms with Crippen LogP contribution in [0.3, 0.4) is 0 Å². The Balaban J connectivity index is 1.71. The van der Waals surface area contributed by atoms with Gasteiger partial charge in [-0.25, -0.2) is 8.78 Å². The summed E-state index contributed by atoms with van der Waals surface area (Å²) in [5, 5.41) is 3.11. The van der Waals surface area contributed by atoms with Crippen molar-refractivity contribution in [2.45, 2.75) is 19.3 Å². The first-order valence-electron chi connectivity index (χ1n) is 8.50. The van der Waals surface area contributed by atoms with E-state index in [4.69, 9.17) is 0 Å². The van der Waals surface area contributed by atoms with E-state index in [-0.39, 0.29) is 5.56 Å². The van der Waals surface area contributed by atoms with Crippen LogP contribution < -0.4 is 5.32 Å². The molecule has 1 saturated heterocycles. The van der Waals surface area contributed by atoms with Crippen molar-refractivity contribution in [3.63, 3.8) is 0 Å². The van der Waals surface area contributed by atoms with Crippen molar-refractivity contribution in [3.8, 4) is 11.1 Å². The molecular weight excluding hydrogens is 322 g/mol. The maximum atomic E-state index is 14.5. The zero-order valence-electron chi connectivity index (χ0n) is 14.3. The highest BCUT2D eigenvalue weighted by Crippen LogP contribution is 2.33. The Morgan fingerprint density at radius 1 is 1.00 bits per heavy atom. The van der Waals surface area contributed by atoms with Gasteiger partial charge in [0.05, 0.1) is 6.42 Å². The minimum Gasteiger partial charge on any atom is -0.340 e. The average molecular weight is 344 g/mol. The molecule has 2 aromatic rings. The molecule has 0 aromatic heterocycles. The molecule has 1 N–H and O–H groups in total. The quantitative estimate of drug-likeness (QED) is 0.919. The number of benzene rings is 2. The van der Waals surface area contributed by atoms with E-state index in [9.17, 15) is 13.6 Å². The number of nitrogens with one attached hydrogen (secondary N) is 1. The van der Waals surface area contributed by atoms with Crippen LogP contribution in [0.2, 0.25) is 0 Å². The zero-order chi connectivity index (χ0) is 17.9. The summed E-state index contributed by atoms with van der Waals surface area (Å²) in [5.74, 6) is -3.65. The maximum absolute atomic E-state index is 14.5. The van der Waals surface area contributed by atoms with Crippen LogP contribution in [0.25, 0.3) is 11.1 Å². The number of amides is 1. The van der Waals surface area contributed by atoms with E-state index < -0.39 is 18.3 Å². The first kappa shape index (κ1) is 17.5. The number of carbonyl (C=O) groups is 1. The molecule has 1 aliphatic heterocycles. The van der Waals surface area contributed by atoms with Gasteiger partial charge < -0.3 is 10.2 Å². The Morgan fingerprint density at radius 3 is 2.08 bits per heavy atom. The molecule has 0 unspecified atom stereocenters. The predicted molar refractivity (Wildman–Crippen MR) is 94.6 cm³/mol. The molecule has 1 heterocycles. The fourth-order valence-electron chi connectivity index (χ4n) is 2.97. The molecule has 0 radical (unpaired) electrons. The molecule has 0 saturated carbocycles. The van der Waals surface area contributed by atoms with E-state index >= 15 is 0 Å². The van der Waals surface area contributed by atoms with Gasteiger partial charge in [-0.15, -0.1) is 0 Å². The van der Waals surface area contributed by atoms with E-state index in [1.807, 2.05) is 31.2 Å². The van der Waals surface area contributed by atoms with Crippen LogP contribution in [0.5, 0.6) is 0 Å². The smallest absolute Gasteiger partial charge is 0.281 e. The molecule has 5 heteroatoms. The molecule has 1 amide bonds. The fraction of sp³-hybridized carbons (Fsp3) is 0.350. The number of nitrogens with zero attached hydrogens (tertiary/aromatic N) is 1. The minimum atomic E-state index is -3.16. The lowest BCUT2D eigenvalue weighted by Crippen LogP contribution is -2.47. The first-order valence-corrected chi connectivity index (χ1v) is 8.50. The molecule has 2 aromatic carbocycles. The Morgan fingerprint density at radius 2 is 1.52 bits per heavy atom. The number of carbonyl (C=O) groups excluding carboxylic acids is 1. The van der Waals surface area contributed by atoms with Gasteiger partial charge in [-0.1, -0.05) is 54.1 Å². The molecule has 0 aliphatic carbocycles. The molecule has 0 spiro atoms. The van der Waals surface area contributed by atoms with Crippen molar-refractivity contribution >= 4 is 5.91 Å². The lowest BCUT2D eigenvalue weighted by molar-refractivity contribution is -0.140. The van der Waals surface area contributed by atoms with Crippen LogP contribution in [0.1, 0.15) is 17.5 Å². The van der Waals surface area contributed by atoms with E-state index in [1.54, 1.807) is 12.1 Å². The van der Waals surface area contributed by atoms with Crippen LogP contribution in [-0.4, -0.2) is 37.0 Å². The number of aryl methyl sites for hydroxylation is 1. The summed E-state index contributed by atoms with van der Waals surface area (Å²) in [4.78, 5) is 13.6. The normalized spacial score (nSPS) is 15.2. The van der Waals surface area contributed by atoms with Crippen molar-refractivity contribution in [3.05, 3.63) is 59.7 Å². The second kappa shape index (κ2) is 7.31. The van der Waals surface area contributed by atoms with Crippen LogP contribution in [0.15, 0.2) is 48.5 Å². The van der Waals surface area contributed by atoms with Crippen LogP contribution in [0.4, 0.5) is 8.78 Å². The Hall–Kier alpha value is -2.27. The molecule has 0 atom stereocenters. The monoisotopic (exact) mass is 344 g/mol. The minimum absolute atomic E-state index is 0.119. The van der Waals surface area contributed by atoms with Crippen LogP contribution >= 0.6 is 0 Å². The summed E-state index contributed by atoms with van der Waals surface area (Å²) in [7, 11) is 0. The standard InChI is InChI=1S/C20H22F2N2O/c1-15-2-4-16(5-3-15)17-6-8-18(9-7-17)20(21,22)14-19(25)24-12-10-23-11-13-24/h2-9,23H,10-14H2,1H3. The topological polar surface area (TPSA) is 32.3 Å². The second-order valence-electron chi connectivity index (χ2n) is 6.46. The molecule has 3 rings (SSSR count). The fourth-order valence-corrected chi connectivity index (χ4v) is 2.97. The third-order valence-electron chi connectivity index (χ3n) is 4.54. The van der Waals surface area contributed by atoms with Gasteiger partial charge >= 0.3 is 0 Å². The largest absolute Gasteiger partial charge is 0.340 e. The molecule has 1 fully saturated rings. The first-order chi connectivity index (χ1) is 12.0. The summed E-state index contributed by atoms with van der Waals surface area (Å²) < 4.78 is 29.0. The second-order valence-corrected chi connectivity index (χ2v) is 6.46. The third kappa shape index (κ3) is 4.23. The van der Waals surface area contributed by atoms with Gasteiger partial charge in [0.2, 0.25) is 5.91 Å². The van der Waals surface area contributed by atoms with Crippen molar-refractivity contribution in [2.75, 3.05) is 26.2 Å². The third-order valence-corrected chi connectivity index (χ3v) is 4.54. The van der Waals surface area contributed by atoms with E-state index in [2.05, 4.69) is 5.32 Å². The zero-order valence-corrected chi connectivity index (χ0v) is 14.3. The molecule has 25 heavy (non-hydrogen) atoms. The van der Waals surface area contributed by atoms with Crippen molar-refractivity contribution in [2.24, 2.45) is 0 Å². The van der Waals surface area contributed by atoms with Gasteiger partial charge in [-0.2, -0.15) is 0 Å². The van der Waals surface area contributed by atoms with Gasteiger partial charge in [0, 0.05) is 31.7 Å². The average Bonchev–Trinajstić information content (AvgIpc) is 2.63. The van der Waals surface area contributed by atoms with Crippen molar-refractivity contribution in [1.29, 1.82) is 0 Å². The highest BCUT2D eigenvalue weighted by molar-refractivity contribution is 5.77. The molecule has 0 bridgehead atoms. The summed E-state index contributed by atoms with van der Waals surface area (Å²) in [6, 6.07) is 14.1. The van der Waals surface area contributed by atoms with Gasteiger partial charge in [0.25, 0.3) is 5.92 Å². The van der Waals surface area contributed by atoms with Crippen LogP contribution in [0, 0.1) is 6.92 Å². The number of rotatable bonds is 4. The highest BCUT2D eigenvalue weighted by Gasteiger charge is 2.36. The number of halogens is 2. The summed E-state index contributed by atoms with van der Waals surface area (Å²) in [5.41, 5.74) is 2.90. The Bertz CT molecular complexity index is 720. The van der Waals surface area contributed by atoms with Gasteiger partial charge in [-0.3, -0.25) is 4.79 Å². The van der Waals surface area contributed by atoms with E-state index in [0.29, 0.717) is 26.2 Å². The SMILES string of the molecule is Cc1ccc(-c2ccc(C(F)(F)CC(=O)N3CCNCC3)cc2)cc1. The van der Waals surface area contributed by atoms with E-state index in [0.717, 1.165) is 16.7 Å². The summed E-state index contributed by atoms with van der Waals surface area (Å²) in [6.45, 7) is 4.29. The molecular formula is C20H22F2N2O. The van der Waals surface area contributed by atoms with Crippen LogP contribution in [-0.2, 0) is 10.7 Å². The number of hydrogen-bond donors (Lipinski definition) is 1. The Kier molecular flexibility index (Phi) is 5.13. The number of alkyl halides is 2. The van der Waals surface area contributed by atoms with Gasteiger partial charge in [-0.05, 0) is 18.1 Å². The summed E-state index contributed by atoms with van der Waals surface area (Å²) in [6.07, 6.45) is -0.781. The lowest BCUT2D eigenvalue weighted by atomic mass is 9.99. The van der Waals surface area contributed by atoms with Crippen molar-refractivity contribution in [1.82, 2.24) is 10.2 Å². The van der Waals surface area contributed by atoms with Gasteiger partial charge in [0.15, 0.2) is 0 Å². The number of hydrogen-bond acceptors (Lipinski definition) is 2. The number of piperazine rings is 1. The lowest BCUT2D eigenvalue weighted by Gasteiger charge is -2.29. The van der Waals surface area contributed by atoms with E-state index in [1.165, 1.54) is 17.0 Å².